The standard InChI is InChI=1S/C15H26N2O2/c1-5-12-14(18)16-13(9(2)3)15(19)17(12)8-10(4)11-6-7-11/h9-13H,5-8H2,1-4H3,(H,16,18). The van der Waals surface area contributed by atoms with Crippen LogP contribution in [0.5, 0.6) is 0 Å². The number of hydrogen-bond donors (Lipinski definition) is 1. The number of amides is 2. The van der Waals surface area contributed by atoms with Crippen molar-refractivity contribution < 1.29 is 9.59 Å². The lowest BCUT2D eigenvalue weighted by atomic mass is 9.95. The summed E-state index contributed by atoms with van der Waals surface area (Å²) in [5.41, 5.74) is 0. The van der Waals surface area contributed by atoms with Crippen LogP contribution >= 0.6 is 0 Å². The predicted octanol–water partition coefficient (Wildman–Crippen LogP) is 1.79. The van der Waals surface area contributed by atoms with Gasteiger partial charge < -0.3 is 10.2 Å². The molecule has 108 valence electrons. The first kappa shape index (κ1) is 14.4. The van der Waals surface area contributed by atoms with E-state index in [1.54, 1.807) is 0 Å². The normalized spacial score (nSPS) is 29.6. The summed E-state index contributed by atoms with van der Waals surface area (Å²) in [6.07, 6.45) is 3.25. The maximum atomic E-state index is 12.6. The second kappa shape index (κ2) is 5.51. The average molecular weight is 266 g/mol. The van der Waals surface area contributed by atoms with E-state index in [4.69, 9.17) is 0 Å². The molecule has 1 aliphatic carbocycles. The molecule has 2 rings (SSSR count). The molecule has 4 nitrogen and oxygen atoms in total. The van der Waals surface area contributed by atoms with Gasteiger partial charge in [-0.05, 0) is 37.0 Å². The van der Waals surface area contributed by atoms with Gasteiger partial charge >= 0.3 is 0 Å². The Kier molecular flexibility index (Phi) is 4.16. The van der Waals surface area contributed by atoms with Crippen molar-refractivity contribution in [2.24, 2.45) is 17.8 Å². The first-order valence-electron chi connectivity index (χ1n) is 7.56. The van der Waals surface area contributed by atoms with Crippen LogP contribution in [0.25, 0.3) is 0 Å². The minimum Gasteiger partial charge on any atom is -0.342 e. The van der Waals surface area contributed by atoms with E-state index in [0.717, 1.165) is 12.5 Å². The zero-order valence-electron chi connectivity index (χ0n) is 12.5. The quantitative estimate of drug-likeness (QED) is 0.825. The second-order valence-corrected chi connectivity index (χ2v) is 6.46. The van der Waals surface area contributed by atoms with E-state index in [2.05, 4.69) is 12.2 Å². The zero-order valence-corrected chi connectivity index (χ0v) is 12.5. The smallest absolute Gasteiger partial charge is 0.246 e. The molecule has 0 aromatic heterocycles. The Bertz CT molecular complexity index is 363. The van der Waals surface area contributed by atoms with Crippen LogP contribution < -0.4 is 5.32 Å². The molecule has 1 saturated heterocycles. The summed E-state index contributed by atoms with van der Waals surface area (Å²) in [6.45, 7) is 8.88. The SMILES string of the molecule is CCC1C(=O)NC(C(C)C)C(=O)N1CC(C)C1CC1. The van der Waals surface area contributed by atoms with Crippen molar-refractivity contribution in [1.29, 1.82) is 0 Å². The minimum atomic E-state index is -0.346. The topological polar surface area (TPSA) is 49.4 Å². The largest absolute Gasteiger partial charge is 0.342 e. The van der Waals surface area contributed by atoms with Crippen molar-refractivity contribution in [1.82, 2.24) is 10.2 Å². The number of rotatable bonds is 5. The highest BCUT2D eigenvalue weighted by atomic mass is 16.2. The van der Waals surface area contributed by atoms with Gasteiger partial charge in [-0.1, -0.05) is 27.7 Å². The fourth-order valence-corrected chi connectivity index (χ4v) is 2.98. The molecule has 2 aliphatic rings. The molecule has 0 spiro atoms. The van der Waals surface area contributed by atoms with E-state index >= 15 is 0 Å². The molecule has 3 unspecified atom stereocenters. The van der Waals surface area contributed by atoms with Crippen LogP contribution in [-0.2, 0) is 9.59 Å². The van der Waals surface area contributed by atoms with Crippen LogP contribution in [0.4, 0.5) is 0 Å². The highest BCUT2D eigenvalue weighted by Crippen LogP contribution is 2.37. The third-order valence-electron chi connectivity index (χ3n) is 4.49. The van der Waals surface area contributed by atoms with E-state index in [1.165, 1.54) is 12.8 Å². The Labute approximate surface area is 115 Å². The molecule has 3 atom stereocenters. The van der Waals surface area contributed by atoms with Crippen molar-refractivity contribution in [3.8, 4) is 0 Å². The number of nitrogens with one attached hydrogen (secondary N) is 1. The van der Waals surface area contributed by atoms with Crippen molar-refractivity contribution in [2.45, 2.75) is 59.0 Å². The molecule has 1 N–H and O–H groups in total. The van der Waals surface area contributed by atoms with Crippen LogP contribution in [0, 0.1) is 17.8 Å². The number of carbonyl (C=O) groups excluding carboxylic acids is 2. The lowest BCUT2D eigenvalue weighted by molar-refractivity contribution is -0.151. The van der Waals surface area contributed by atoms with Gasteiger partial charge in [-0.15, -0.1) is 0 Å². The van der Waals surface area contributed by atoms with Crippen molar-refractivity contribution in [3.63, 3.8) is 0 Å². The Morgan fingerprint density at radius 2 is 1.89 bits per heavy atom. The highest BCUT2D eigenvalue weighted by Gasteiger charge is 2.42. The Morgan fingerprint density at radius 1 is 1.26 bits per heavy atom. The van der Waals surface area contributed by atoms with Crippen LogP contribution in [0.15, 0.2) is 0 Å². The fraction of sp³-hybridized carbons (Fsp3) is 0.867. The molecule has 2 fully saturated rings. The first-order chi connectivity index (χ1) is 8.95. The van der Waals surface area contributed by atoms with Crippen molar-refractivity contribution in [3.05, 3.63) is 0 Å². The maximum Gasteiger partial charge on any atom is 0.246 e. The van der Waals surface area contributed by atoms with Crippen LogP contribution in [-0.4, -0.2) is 35.3 Å². The second-order valence-electron chi connectivity index (χ2n) is 6.46. The predicted molar refractivity (Wildman–Crippen MR) is 74.4 cm³/mol. The molecule has 1 heterocycles. The van der Waals surface area contributed by atoms with Crippen molar-refractivity contribution >= 4 is 11.8 Å². The Hall–Kier alpha value is -1.06. The van der Waals surface area contributed by atoms with Gasteiger partial charge in [0.25, 0.3) is 0 Å². The third kappa shape index (κ3) is 2.93. The lowest BCUT2D eigenvalue weighted by Gasteiger charge is -2.41. The minimum absolute atomic E-state index is 0.0174. The summed E-state index contributed by atoms with van der Waals surface area (Å²) >= 11 is 0. The molecule has 0 radical (unpaired) electrons. The number of hydrogen-bond acceptors (Lipinski definition) is 2. The summed E-state index contributed by atoms with van der Waals surface area (Å²) in [4.78, 5) is 26.6. The Morgan fingerprint density at radius 3 is 2.37 bits per heavy atom. The Balaban J connectivity index is 2.13. The zero-order chi connectivity index (χ0) is 14.2. The van der Waals surface area contributed by atoms with Gasteiger partial charge in [0.1, 0.15) is 12.1 Å². The van der Waals surface area contributed by atoms with Gasteiger partial charge in [0.05, 0.1) is 0 Å². The third-order valence-corrected chi connectivity index (χ3v) is 4.49. The summed E-state index contributed by atoms with van der Waals surface area (Å²) in [5.74, 6) is 1.54. The van der Waals surface area contributed by atoms with Gasteiger partial charge in [-0.3, -0.25) is 9.59 Å². The number of nitrogens with zero attached hydrogens (tertiary/aromatic N) is 1. The van der Waals surface area contributed by atoms with Crippen LogP contribution in [0.1, 0.15) is 47.0 Å². The van der Waals surface area contributed by atoms with Gasteiger partial charge in [0.2, 0.25) is 11.8 Å². The fourth-order valence-electron chi connectivity index (χ4n) is 2.98. The summed E-state index contributed by atoms with van der Waals surface area (Å²) < 4.78 is 0. The first-order valence-corrected chi connectivity index (χ1v) is 7.56. The number of piperazine rings is 1. The molecule has 1 aliphatic heterocycles. The summed E-state index contributed by atoms with van der Waals surface area (Å²) in [5, 5.41) is 2.88. The lowest BCUT2D eigenvalue weighted by Crippen LogP contribution is -2.65. The van der Waals surface area contributed by atoms with E-state index in [1.807, 2.05) is 25.7 Å². The van der Waals surface area contributed by atoms with Gasteiger partial charge in [-0.2, -0.15) is 0 Å². The molecule has 4 heteroatoms. The van der Waals surface area contributed by atoms with Gasteiger partial charge in [0, 0.05) is 6.54 Å². The molecule has 2 amide bonds. The number of carbonyl (C=O) groups is 2. The van der Waals surface area contributed by atoms with E-state index in [9.17, 15) is 9.59 Å². The maximum absolute atomic E-state index is 12.6. The van der Waals surface area contributed by atoms with Crippen LogP contribution in [0.2, 0.25) is 0 Å². The van der Waals surface area contributed by atoms with E-state index in [-0.39, 0.29) is 29.8 Å². The molecule has 0 aromatic rings. The van der Waals surface area contributed by atoms with E-state index in [0.29, 0.717) is 12.3 Å². The molecule has 0 bridgehead atoms. The van der Waals surface area contributed by atoms with Crippen LogP contribution in [0.3, 0.4) is 0 Å². The monoisotopic (exact) mass is 266 g/mol. The van der Waals surface area contributed by atoms with Gasteiger partial charge in [-0.25, -0.2) is 0 Å². The highest BCUT2D eigenvalue weighted by molar-refractivity contribution is 5.97. The van der Waals surface area contributed by atoms with Crippen molar-refractivity contribution in [2.75, 3.05) is 6.54 Å². The molecule has 1 saturated carbocycles. The molecule has 19 heavy (non-hydrogen) atoms. The average Bonchev–Trinajstić information content (AvgIpc) is 3.17. The van der Waals surface area contributed by atoms with Gasteiger partial charge in [0.15, 0.2) is 0 Å². The summed E-state index contributed by atoms with van der Waals surface area (Å²) in [7, 11) is 0. The molecular formula is C15H26N2O2. The molecule has 0 aromatic carbocycles. The summed E-state index contributed by atoms with van der Waals surface area (Å²) in [6, 6.07) is -0.620. The van der Waals surface area contributed by atoms with E-state index < -0.39 is 0 Å². The molecular weight excluding hydrogens is 240 g/mol.